The topological polar surface area (TPSA) is 67.2 Å². The summed E-state index contributed by atoms with van der Waals surface area (Å²) in [5, 5.41) is 0.663. The molecule has 0 unspecified atom stereocenters. The fourth-order valence-electron chi connectivity index (χ4n) is 3.38. The first kappa shape index (κ1) is 16.7. The Morgan fingerprint density at radius 3 is 2.65 bits per heavy atom. The maximum absolute atomic E-state index is 12.1. The quantitative estimate of drug-likeness (QED) is 0.710. The normalized spacial score (nSPS) is 15.5. The van der Waals surface area contributed by atoms with E-state index in [-0.39, 0.29) is 5.56 Å². The molecule has 1 saturated heterocycles. The standard InChI is InChI=1S/C19H22N6O/c1-14-20-6-5-15(22-14)12-24-7-9-25(10-8-24)16-3-4-17-18(11-16)21-13-23(2)19(17)26/h3-6,11,13H,7-10,12H2,1-2H3. The van der Waals surface area contributed by atoms with Crippen molar-refractivity contribution >= 4 is 16.6 Å². The van der Waals surface area contributed by atoms with E-state index < -0.39 is 0 Å². The Bertz CT molecular complexity index is 991. The number of hydrogen-bond donors (Lipinski definition) is 0. The number of rotatable bonds is 3. The smallest absolute Gasteiger partial charge is 0.260 e. The van der Waals surface area contributed by atoms with Gasteiger partial charge >= 0.3 is 0 Å². The first-order chi connectivity index (χ1) is 12.6. The van der Waals surface area contributed by atoms with Gasteiger partial charge in [0.1, 0.15) is 5.82 Å². The Balaban J connectivity index is 1.45. The molecule has 26 heavy (non-hydrogen) atoms. The van der Waals surface area contributed by atoms with Crippen LogP contribution < -0.4 is 10.5 Å². The summed E-state index contributed by atoms with van der Waals surface area (Å²) in [5.41, 5.74) is 2.93. The van der Waals surface area contributed by atoms with Crippen LogP contribution in [0.3, 0.4) is 0 Å². The molecular formula is C19H22N6O. The van der Waals surface area contributed by atoms with E-state index in [2.05, 4.69) is 24.8 Å². The van der Waals surface area contributed by atoms with Crippen LogP contribution in [0.25, 0.3) is 10.9 Å². The minimum Gasteiger partial charge on any atom is -0.369 e. The van der Waals surface area contributed by atoms with Crippen molar-refractivity contribution in [2.75, 3.05) is 31.1 Å². The highest BCUT2D eigenvalue weighted by molar-refractivity contribution is 5.81. The lowest BCUT2D eigenvalue weighted by molar-refractivity contribution is 0.247. The number of hydrogen-bond acceptors (Lipinski definition) is 6. The van der Waals surface area contributed by atoms with Crippen molar-refractivity contribution in [3.63, 3.8) is 0 Å². The number of aryl methyl sites for hydroxylation is 2. The molecular weight excluding hydrogens is 328 g/mol. The van der Waals surface area contributed by atoms with Crippen LogP contribution in [0.2, 0.25) is 0 Å². The van der Waals surface area contributed by atoms with E-state index in [4.69, 9.17) is 0 Å². The minimum atomic E-state index is -0.00786. The molecule has 3 heterocycles. The molecule has 0 bridgehead atoms. The van der Waals surface area contributed by atoms with Crippen molar-refractivity contribution in [2.24, 2.45) is 7.05 Å². The molecule has 4 rings (SSSR count). The van der Waals surface area contributed by atoms with Crippen LogP contribution in [0.5, 0.6) is 0 Å². The molecule has 1 aromatic carbocycles. The average Bonchev–Trinajstić information content (AvgIpc) is 2.65. The number of aromatic nitrogens is 4. The van der Waals surface area contributed by atoms with Crippen LogP contribution in [-0.2, 0) is 13.6 Å². The molecule has 1 fully saturated rings. The first-order valence-corrected chi connectivity index (χ1v) is 8.81. The van der Waals surface area contributed by atoms with Crippen molar-refractivity contribution in [1.82, 2.24) is 24.4 Å². The zero-order valence-corrected chi connectivity index (χ0v) is 15.1. The van der Waals surface area contributed by atoms with Gasteiger partial charge in [0.2, 0.25) is 0 Å². The fourth-order valence-corrected chi connectivity index (χ4v) is 3.38. The van der Waals surface area contributed by atoms with Gasteiger partial charge in [0.15, 0.2) is 0 Å². The Kier molecular flexibility index (Phi) is 4.38. The van der Waals surface area contributed by atoms with E-state index in [0.29, 0.717) is 5.39 Å². The highest BCUT2D eigenvalue weighted by Gasteiger charge is 2.18. The van der Waals surface area contributed by atoms with E-state index >= 15 is 0 Å². The lowest BCUT2D eigenvalue weighted by Crippen LogP contribution is -2.46. The zero-order valence-electron chi connectivity index (χ0n) is 15.1. The molecule has 0 spiro atoms. The maximum atomic E-state index is 12.1. The summed E-state index contributed by atoms with van der Waals surface area (Å²) in [5.74, 6) is 0.816. The lowest BCUT2D eigenvalue weighted by atomic mass is 10.2. The molecule has 7 nitrogen and oxygen atoms in total. The second-order valence-corrected chi connectivity index (χ2v) is 6.72. The molecule has 0 N–H and O–H groups in total. The summed E-state index contributed by atoms with van der Waals surface area (Å²) < 4.78 is 1.51. The van der Waals surface area contributed by atoms with Gasteiger partial charge in [0.05, 0.1) is 22.9 Å². The van der Waals surface area contributed by atoms with E-state index in [9.17, 15) is 4.79 Å². The lowest BCUT2D eigenvalue weighted by Gasteiger charge is -2.36. The van der Waals surface area contributed by atoms with Crippen LogP contribution in [-0.4, -0.2) is 50.6 Å². The molecule has 0 radical (unpaired) electrons. The van der Waals surface area contributed by atoms with Gasteiger partial charge in [0, 0.05) is 51.7 Å². The van der Waals surface area contributed by atoms with Crippen LogP contribution in [0.1, 0.15) is 11.5 Å². The van der Waals surface area contributed by atoms with E-state index in [0.717, 1.165) is 55.4 Å². The second-order valence-electron chi connectivity index (χ2n) is 6.72. The van der Waals surface area contributed by atoms with Gasteiger partial charge in [-0.1, -0.05) is 0 Å². The molecule has 0 aliphatic carbocycles. The number of benzene rings is 1. The number of anilines is 1. The highest BCUT2D eigenvalue weighted by Crippen LogP contribution is 2.20. The Hall–Kier alpha value is -2.80. The van der Waals surface area contributed by atoms with Crippen molar-refractivity contribution in [2.45, 2.75) is 13.5 Å². The molecule has 2 aromatic heterocycles. The van der Waals surface area contributed by atoms with Crippen LogP contribution in [0.15, 0.2) is 41.6 Å². The Morgan fingerprint density at radius 2 is 1.88 bits per heavy atom. The van der Waals surface area contributed by atoms with Gasteiger partial charge in [-0.25, -0.2) is 15.0 Å². The zero-order chi connectivity index (χ0) is 18.1. The van der Waals surface area contributed by atoms with Crippen molar-refractivity contribution in [1.29, 1.82) is 0 Å². The highest BCUT2D eigenvalue weighted by atomic mass is 16.1. The first-order valence-electron chi connectivity index (χ1n) is 8.81. The molecule has 3 aromatic rings. The minimum absolute atomic E-state index is 0.00786. The molecule has 0 amide bonds. The van der Waals surface area contributed by atoms with Crippen molar-refractivity contribution in [3.05, 3.63) is 58.7 Å². The fraction of sp³-hybridized carbons (Fsp3) is 0.368. The van der Waals surface area contributed by atoms with Crippen molar-refractivity contribution < 1.29 is 0 Å². The molecule has 1 aliphatic heterocycles. The number of piperazine rings is 1. The molecule has 134 valence electrons. The summed E-state index contributed by atoms with van der Waals surface area (Å²) in [6.45, 7) is 6.62. The Labute approximate surface area is 151 Å². The van der Waals surface area contributed by atoms with E-state index in [1.165, 1.54) is 4.57 Å². The van der Waals surface area contributed by atoms with Crippen molar-refractivity contribution in [3.8, 4) is 0 Å². The maximum Gasteiger partial charge on any atom is 0.260 e. The van der Waals surface area contributed by atoms with Crippen LogP contribution in [0, 0.1) is 6.92 Å². The van der Waals surface area contributed by atoms with Gasteiger partial charge in [-0.2, -0.15) is 0 Å². The molecule has 1 aliphatic rings. The van der Waals surface area contributed by atoms with Crippen LogP contribution in [0.4, 0.5) is 5.69 Å². The third kappa shape index (κ3) is 3.30. The Morgan fingerprint density at radius 1 is 1.08 bits per heavy atom. The number of nitrogens with zero attached hydrogens (tertiary/aromatic N) is 6. The summed E-state index contributed by atoms with van der Waals surface area (Å²) in [4.78, 5) is 29.9. The summed E-state index contributed by atoms with van der Waals surface area (Å²) in [7, 11) is 1.72. The molecule has 7 heteroatoms. The summed E-state index contributed by atoms with van der Waals surface area (Å²) >= 11 is 0. The summed E-state index contributed by atoms with van der Waals surface area (Å²) in [6, 6.07) is 7.90. The monoisotopic (exact) mass is 350 g/mol. The third-order valence-electron chi connectivity index (χ3n) is 4.86. The molecule has 0 saturated carbocycles. The SMILES string of the molecule is Cc1nccc(CN2CCN(c3ccc4c(=O)n(C)cnc4c3)CC2)n1. The van der Waals surface area contributed by atoms with E-state index in [1.807, 2.05) is 37.4 Å². The van der Waals surface area contributed by atoms with Crippen LogP contribution >= 0.6 is 0 Å². The molecule has 0 atom stereocenters. The van der Waals surface area contributed by atoms with Gasteiger partial charge in [-0.3, -0.25) is 9.69 Å². The summed E-state index contributed by atoms with van der Waals surface area (Å²) in [6.07, 6.45) is 3.40. The van der Waals surface area contributed by atoms with Gasteiger partial charge < -0.3 is 9.47 Å². The largest absolute Gasteiger partial charge is 0.369 e. The van der Waals surface area contributed by atoms with Gasteiger partial charge in [-0.15, -0.1) is 0 Å². The van der Waals surface area contributed by atoms with E-state index in [1.54, 1.807) is 13.4 Å². The third-order valence-corrected chi connectivity index (χ3v) is 4.86. The number of fused-ring (bicyclic) bond motifs is 1. The predicted molar refractivity (Wildman–Crippen MR) is 101 cm³/mol. The average molecular weight is 350 g/mol. The van der Waals surface area contributed by atoms with Gasteiger partial charge in [0.25, 0.3) is 5.56 Å². The predicted octanol–water partition coefficient (Wildman–Crippen LogP) is 1.35. The second kappa shape index (κ2) is 6.84. The van der Waals surface area contributed by atoms with Gasteiger partial charge in [-0.05, 0) is 31.2 Å².